The number of allylic oxidation sites excluding steroid dienone is 3. The van der Waals surface area contributed by atoms with Crippen molar-refractivity contribution in [1.82, 2.24) is 0 Å². The van der Waals surface area contributed by atoms with E-state index in [1.807, 2.05) is 18.2 Å². The summed E-state index contributed by atoms with van der Waals surface area (Å²) in [6, 6.07) is 5.95. The van der Waals surface area contributed by atoms with E-state index < -0.39 is 0 Å². The molecule has 0 aromatic heterocycles. The topological polar surface area (TPSA) is 64.1 Å². The molecule has 3 rings (SSSR count). The molecule has 5 N–H and O–H groups in total. The number of nitrogens with two attached hydrogens (primary N) is 2. The molecule has 4 heteroatoms. The molecule has 1 aromatic rings. The van der Waals surface area contributed by atoms with E-state index in [0.717, 1.165) is 29.9 Å². The first-order valence-electron chi connectivity index (χ1n) is 5.26. The largest absolute Gasteiger partial charge is 0.402 e. The van der Waals surface area contributed by atoms with Crippen LogP contribution >= 0.6 is 11.8 Å². The predicted molar refractivity (Wildman–Crippen MR) is 68.9 cm³/mol. The third-order valence-corrected chi connectivity index (χ3v) is 3.93. The molecule has 1 aliphatic heterocycles. The highest BCUT2D eigenvalue weighted by Crippen LogP contribution is 2.44. The fourth-order valence-corrected chi connectivity index (χ4v) is 3.09. The van der Waals surface area contributed by atoms with Crippen LogP contribution in [-0.2, 0) is 0 Å². The minimum atomic E-state index is 0.796. The van der Waals surface area contributed by atoms with Gasteiger partial charge in [0.2, 0.25) is 0 Å². The number of nitrogens with one attached hydrogen (secondary N) is 1. The van der Waals surface area contributed by atoms with Gasteiger partial charge < -0.3 is 16.8 Å². The Bertz CT molecular complexity index is 517. The summed E-state index contributed by atoms with van der Waals surface area (Å²) in [5, 5.41) is 3.45. The fourth-order valence-electron chi connectivity index (χ4n) is 1.94. The highest BCUT2D eigenvalue weighted by Gasteiger charge is 2.20. The smallest absolute Gasteiger partial charge is 0.0525 e. The fraction of sp³-hybridized carbons (Fsp3) is 0.167. The van der Waals surface area contributed by atoms with Gasteiger partial charge in [0.05, 0.1) is 5.69 Å². The average molecular weight is 231 g/mol. The highest BCUT2D eigenvalue weighted by molar-refractivity contribution is 8.03. The minimum absolute atomic E-state index is 0.796. The molecule has 16 heavy (non-hydrogen) atoms. The van der Waals surface area contributed by atoms with Crippen molar-refractivity contribution in [1.29, 1.82) is 0 Å². The summed E-state index contributed by atoms with van der Waals surface area (Å²) in [4.78, 5) is 2.39. The first kappa shape index (κ1) is 9.66. The van der Waals surface area contributed by atoms with E-state index in [0.29, 0.717) is 0 Å². The molecule has 0 fully saturated rings. The van der Waals surface area contributed by atoms with Gasteiger partial charge in [-0.1, -0.05) is 11.8 Å². The Morgan fingerprint density at radius 1 is 1.19 bits per heavy atom. The van der Waals surface area contributed by atoms with Crippen molar-refractivity contribution in [3.8, 4) is 0 Å². The Labute approximate surface area is 98.6 Å². The monoisotopic (exact) mass is 231 g/mol. The number of anilines is 2. The van der Waals surface area contributed by atoms with Gasteiger partial charge in [-0.2, -0.15) is 0 Å². The minimum Gasteiger partial charge on any atom is -0.402 e. The Kier molecular flexibility index (Phi) is 2.11. The number of fused-ring (bicyclic) bond motifs is 1. The maximum atomic E-state index is 5.85. The van der Waals surface area contributed by atoms with Crippen molar-refractivity contribution in [2.45, 2.75) is 17.7 Å². The first-order valence-corrected chi connectivity index (χ1v) is 6.07. The van der Waals surface area contributed by atoms with Crippen molar-refractivity contribution in [3.05, 3.63) is 40.6 Å². The lowest BCUT2D eigenvalue weighted by molar-refractivity contribution is 0.889. The summed E-state index contributed by atoms with van der Waals surface area (Å²) < 4.78 is 0. The van der Waals surface area contributed by atoms with E-state index in [1.54, 1.807) is 11.8 Å². The lowest BCUT2D eigenvalue weighted by Gasteiger charge is -2.26. The third kappa shape index (κ3) is 1.55. The molecule has 1 aromatic carbocycles. The van der Waals surface area contributed by atoms with Crippen molar-refractivity contribution in [3.63, 3.8) is 0 Å². The van der Waals surface area contributed by atoms with Crippen LogP contribution in [-0.4, -0.2) is 0 Å². The molecule has 0 saturated heterocycles. The lowest BCUT2D eigenvalue weighted by Crippen LogP contribution is -2.13. The van der Waals surface area contributed by atoms with Crippen molar-refractivity contribution >= 4 is 23.1 Å². The summed E-state index contributed by atoms with van der Waals surface area (Å²) in [6.07, 6.45) is 3.99. The molecule has 0 amide bonds. The molecular weight excluding hydrogens is 218 g/mol. The maximum Gasteiger partial charge on any atom is 0.0525 e. The summed E-state index contributed by atoms with van der Waals surface area (Å²) in [7, 11) is 0. The van der Waals surface area contributed by atoms with Crippen LogP contribution in [0, 0.1) is 0 Å². The molecule has 82 valence electrons. The quantitative estimate of drug-likeness (QED) is 0.601. The molecule has 1 aliphatic carbocycles. The van der Waals surface area contributed by atoms with Gasteiger partial charge in [0.25, 0.3) is 0 Å². The van der Waals surface area contributed by atoms with Crippen LogP contribution in [0.3, 0.4) is 0 Å². The molecular formula is C12H13N3S. The molecule has 3 nitrogen and oxygen atoms in total. The molecule has 1 heterocycles. The van der Waals surface area contributed by atoms with Gasteiger partial charge in [0.15, 0.2) is 0 Å². The summed E-state index contributed by atoms with van der Waals surface area (Å²) in [6.45, 7) is 0. The van der Waals surface area contributed by atoms with Gasteiger partial charge in [0.1, 0.15) is 0 Å². The molecule has 0 spiro atoms. The Morgan fingerprint density at radius 3 is 2.94 bits per heavy atom. The van der Waals surface area contributed by atoms with E-state index >= 15 is 0 Å². The Balaban J connectivity index is 2.02. The normalized spacial score (nSPS) is 18.4. The zero-order valence-electron chi connectivity index (χ0n) is 8.79. The van der Waals surface area contributed by atoms with Crippen LogP contribution in [0.4, 0.5) is 11.4 Å². The SMILES string of the molecule is NC1=CC2=C(CC1)Nc1ccc(N)cc1S2. The van der Waals surface area contributed by atoms with E-state index in [9.17, 15) is 0 Å². The molecule has 0 radical (unpaired) electrons. The Hall–Kier alpha value is -1.55. The average Bonchev–Trinajstić information content (AvgIpc) is 2.26. The number of nitrogen functional groups attached to an aromatic ring is 1. The van der Waals surface area contributed by atoms with Gasteiger partial charge in [-0.15, -0.1) is 0 Å². The van der Waals surface area contributed by atoms with E-state index in [2.05, 4.69) is 11.4 Å². The Morgan fingerprint density at radius 2 is 2.06 bits per heavy atom. The van der Waals surface area contributed by atoms with Crippen LogP contribution in [0.15, 0.2) is 45.5 Å². The first-order chi connectivity index (χ1) is 7.72. The number of hydrogen-bond acceptors (Lipinski definition) is 4. The maximum absolute atomic E-state index is 5.85. The van der Waals surface area contributed by atoms with Gasteiger partial charge in [-0.05, 0) is 37.1 Å². The molecule has 0 bridgehead atoms. The van der Waals surface area contributed by atoms with Gasteiger partial charge in [-0.25, -0.2) is 0 Å². The van der Waals surface area contributed by atoms with Gasteiger partial charge in [-0.3, -0.25) is 0 Å². The van der Waals surface area contributed by atoms with Crippen LogP contribution < -0.4 is 16.8 Å². The standard InChI is InChI=1S/C12H13N3S/c13-7-1-3-9-11(5-7)16-12-6-8(14)2-4-10(12)15-9/h1,3,5-6,15H,2,4,13-14H2. The third-order valence-electron chi connectivity index (χ3n) is 2.79. The second kappa shape index (κ2) is 3.49. The zero-order valence-corrected chi connectivity index (χ0v) is 9.60. The molecule has 2 aliphatic rings. The summed E-state index contributed by atoms with van der Waals surface area (Å²) in [5.74, 6) is 0. The van der Waals surface area contributed by atoms with Gasteiger partial charge in [0, 0.05) is 26.9 Å². The second-order valence-electron chi connectivity index (χ2n) is 4.04. The van der Waals surface area contributed by atoms with Crippen molar-refractivity contribution in [2.24, 2.45) is 5.73 Å². The summed E-state index contributed by atoms with van der Waals surface area (Å²) >= 11 is 1.74. The molecule has 0 atom stereocenters. The van der Waals surface area contributed by atoms with Crippen LogP contribution in [0.2, 0.25) is 0 Å². The predicted octanol–water partition coefficient (Wildman–Crippen LogP) is 2.63. The second-order valence-corrected chi connectivity index (χ2v) is 5.13. The van der Waals surface area contributed by atoms with Gasteiger partial charge >= 0.3 is 0 Å². The lowest BCUT2D eigenvalue weighted by atomic mass is 10.1. The number of benzene rings is 1. The number of thioether (sulfide) groups is 1. The van der Waals surface area contributed by atoms with E-state index in [1.165, 1.54) is 15.5 Å². The molecule has 0 unspecified atom stereocenters. The van der Waals surface area contributed by atoms with Crippen LogP contribution in [0.25, 0.3) is 0 Å². The van der Waals surface area contributed by atoms with Crippen molar-refractivity contribution < 1.29 is 0 Å². The van der Waals surface area contributed by atoms with E-state index in [4.69, 9.17) is 11.5 Å². The number of hydrogen-bond donors (Lipinski definition) is 3. The highest BCUT2D eigenvalue weighted by atomic mass is 32.2. The molecule has 0 saturated carbocycles. The van der Waals surface area contributed by atoms with E-state index in [-0.39, 0.29) is 0 Å². The number of rotatable bonds is 0. The van der Waals surface area contributed by atoms with Crippen LogP contribution in [0.1, 0.15) is 12.8 Å². The zero-order chi connectivity index (χ0) is 11.1. The summed E-state index contributed by atoms with van der Waals surface area (Å²) in [5.41, 5.74) is 15.8. The van der Waals surface area contributed by atoms with Crippen LogP contribution in [0.5, 0.6) is 0 Å². The van der Waals surface area contributed by atoms with Crippen molar-refractivity contribution in [2.75, 3.05) is 11.1 Å².